The lowest BCUT2D eigenvalue weighted by Crippen LogP contribution is -2.04. The Morgan fingerprint density at radius 1 is 1.00 bits per heavy atom. The zero-order valence-electron chi connectivity index (χ0n) is 10.6. The van der Waals surface area contributed by atoms with Crippen LogP contribution in [0.4, 0.5) is 0 Å². The van der Waals surface area contributed by atoms with Crippen LogP contribution >= 0.6 is 23.5 Å². The van der Waals surface area contributed by atoms with E-state index in [1.165, 1.54) is 23.5 Å². The van der Waals surface area contributed by atoms with Crippen molar-refractivity contribution in [2.75, 3.05) is 11.5 Å². The van der Waals surface area contributed by atoms with Crippen LogP contribution in [0.3, 0.4) is 0 Å². The Balaban J connectivity index is 2.72. The van der Waals surface area contributed by atoms with Crippen molar-refractivity contribution in [3.05, 3.63) is 29.6 Å². The lowest BCUT2D eigenvalue weighted by molar-refractivity contribution is 0.108. The normalized spacial score (nSPS) is 10.3. The molecule has 1 aromatic rings. The molecule has 0 aliphatic heterocycles. The van der Waals surface area contributed by atoms with Crippen LogP contribution in [0.15, 0.2) is 18.2 Å². The third-order valence-corrected chi connectivity index (χ3v) is 4.21. The lowest BCUT2D eigenvalue weighted by atomic mass is 10.3. The smallest absolute Gasteiger partial charge is 0.237 e. The topological polar surface area (TPSA) is 47.0 Å². The minimum atomic E-state index is -0.0630. The highest BCUT2D eigenvalue weighted by Gasteiger charge is 2.12. The van der Waals surface area contributed by atoms with Gasteiger partial charge in [0.15, 0.2) is 0 Å². The number of thioether (sulfide) groups is 2. The van der Waals surface area contributed by atoms with Crippen LogP contribution in [-0.4, -0.2) is 26.7 Å². The molecule has 0 aliphatic rings. The highest BCUT2D eigenvalue weighted by Crippen LogP contribution is 2.15. The van der Waals surface area contributed by atoms with Gasteiger partial charge >= 0.3 is 0 Å². The van der Waals surface area contributed by atoms with E-state index >= 15 is 0 Å². The third kappa shape index (κ3) is 4.82. The minimum Gasteiger partial charge on any atom is -0.280 e. The summed E-state index contributed by atoms with van der Waals surface area (Å²) in [5.74, 6) is 1.56. The maximum atomic E-state index is 11.8. The first kappa shape index (κ1) is 15.2. The summed E-state index contributed by atoms with van der Waals surface area (Å²) < 4.78 is 0. The minimum absolute atomic E-state index is 0.0630. The van der Waals surface area contributed by atoms with E-state index in [1.54, 1.807) is 18.2 Å². The number of hydrogen-bond donors (Lipinski definition) is 0. The van der Waals surface area contributed by atoms with Crippen molar-refractivity contribution in [3.8, 4) is 0 Å². The number of pyridine rings is 1. The highest BCUT2D eigenvalue weighted by atomic mass is 32.2. The maximum Gasteiger partial charge on any atom is 0.237 e. The van der Waals surface area contributed by atoms with E-state index in [2.05, 4.69) is 4.98 Å². The summed E-state index contributed by atoms with van der Waals surface area (Å²) in [6.07, 6.45) is 1.89. The van der Waals surface area contributed by atoms with Gasteiger partial charge in [-0.25, -0.2) is 4.98 Å². The summed E-state index contributed by atoms with van der Waals surface area (Å²) in [5.41, 5.74) is 0.743. The summed E-state index contributed by atoms with van der Waals surface area (Å²) in [6.45, 7) is 4.05. The second-order valence-corrected chi connectivity index (χ2v) is 5.82. The zero-order valence-corrected chi connectivity index (χ0v) is 12.3. The van der Waals surface area contributed by atoms with E-state index in [1.807, 2.05) is 13.8 Å². The molecule has 0 atom stereocenters. The van der Waals surface area contributed by atoms with Gasteiger partial charge in [-0.3, -0.25) is 9.59 Å². The standard InChI is InChI=1S/C13H17NO2S2/c1-3-8-17-12(15)10-6-5-7-11(14-10)13(16)18-9-4-2/h5-7H,3-4,8-9H2,1-2H3. The van der Waals surface area contributed by atoms with E-state index in [0.717, 1.165) is 24.3 Å². The predicted octanol–water partition coefficient (Wildman–Crippen LogP) is 3.65. The van der Waals surface area contributed by atoms with Crippen molar-refractivity contribution in [1.29, 1.82) is 0 Å². The molecule has 0 saturated carbocycles. The van der Waals surface area contributed by atoms with Gasteiger partial charge in [0, 0.05) is 11.5 Å². The molecule has 1 heterocycles. The van der Waals surface area contributed by atoms with Crippen molar-refractivity contribution in [3.63, 3.8) is 0 Å². The molecule has 0 aliphatic carbocycles. The molecule has 0 saturated heterocycles. The Bertz CT molecular complexity index is 386. The third-order valence-electron chi connectivity index (χ3n) is 2.04. The predicted molar refractivity (Wildman–Crippen MR) is 78.4 cm³/mol. The largest absolute Gasteiger partial charge is 0.280 e. The summed E-state index contributed by atoms with van der Waals surface area (Å²) in [7, 11) is 0. The molecular weight excluding hydrogens is 266 g/mol. The molecule has 0 fully saturated rings. The fourth-order valence-corrected chi connectivity index (χ4v) is 2.50. The molecule has 98 valence electrons. The van der Waals surface area contributed by atoms with Gasteiger partial charge in [0.25, 0.3) is 0 Å². The molecule has 0 aromatic carbocycles. The van der Waals surface area contributed by atoms with E-state index in [-0.39, 0.29) is 10.2 Å². The number of carbonyl (C=O) groups excluding carboxylic acids is 2. The zero-order chi connectivity index (χ0) is 13.4. The van der Waals surface area contributed by atoms with Gasteiger partial charge in [0.05, 0.1) is 0 Å². The lowest BCUT2D eigenvalue weighted by Gasteiger charge is -2.02. The second-order valence-electron chi connectivity index (χ2n) is 3.68. The van der Waals surface area contributed by atoms with Gasteiger partial charge < -0.3 is 0 Å². The quantitative estimate of drug-likeness (QED) is 0.797. The molecule has 0 spiro atoms. The Labute approximate surface area is 116 Å². The summed E-state index contributed by atoms with van der Waals surface area (Å²) in [4.78, 5) is 27.7. The summed E-state index contributed by atoms with van der Waals surface area (Å²) >= 11 is 2.50. The van der Waals surface area contributed by atoms with Crippen LogP contribution in [-0.2, 0) is 0 Å². The number of aromatic nitrogens is 1. The Hall–Kier alpha value is -0.810. The van der Waals surface area contributed by atoms with Crippen LogP contribution in [0.1, 0.15) is 47.7 Å². The van der Waals surface area contributed by atoms with E-state index in [9.17, 15) is 9.59 Å². The molecule has 0 N–H and O–H groups in total. The van der Waals surface area contributed by atoms with Crippen molar-refractivity contribution in [1.82, 2.24) is 4.98 Å². The van der Waals surface area contributed by atoms with Gasteiger partial charge in [-0.05, 0) is 25.0 Å². The van der Waals surface area contributed by atoms with Crippen LogP contribution in [0.2, 0.25) is 0 Å². The number of rotatable bonds is 6. The van der Waals surface area contributed by atoms with Gasteiger partial charge in [-0.2, -0.15) is 0 Å². The molecule has 0 radical (unpaired) electrons. The van der Waals surface area contributed by atoms with Gasteiger partial charge in [0.1, 0.15) is 11.4 Å². The Morgan fingerprint density at radius 2 is 1.44 bits per heavy atom. The van der Waals surface area contributed by atoms with Crippen LogP contribution in [0.5, 0.6) is 0 Å². The molecule has 0 unspecified atom stereocenters. The van der Waals surface area contributed by atoms with E-state index in [0.29, 0.717) is 11.4 Å². The van der Waals surface area contributed by atoms with Crippen molar-refractivity contribution < 1.29 is 9.59 Å². The molecule has 18 heavy (non-hydrogen) atoms. The molecule has 5 heteroatoms. The average Bonchev–Trinajstić information content (AvgIpc) is 2.42. The SMILES string of the molecule is CCCSC(=O)c1cccc(C(=O)SCCC)n1. The second kappa shape index (κ2) is 8.32. The van der Waals surface area contributed by atoms with Gasteiger partial charge in [-0.1, -0.05) is 43.4 Å². The summed E-state index contributed by atoms with van der Waals surface area (Å²) in [5, 5.41) is -0.126. The van der Waals surface area contributed by atoms with Crippen LogP contribution in [0.25, 0.3) is 0 Å². The monoisotopic (exact) mass is 283 g/mol. The fourth-order valence-electron chi connectivity index (χ4n) is 1.20. The highest BCUT2D eigenvalue weighted by molar-refractivity contribution is 8.14. The van der Waals surface area contributed by atoms with E-state index < -0.39 is 0 Å². The van der Waals surface area contributed by atoms with Crippen LogP contribution < -0.4 is 0 Å². The number of carbonyl (C=O) groups is 2. The Kier molecular flexibility index (Phi) is 7.05. The molecular formula is C13H17NO2S2. The van der Waals surface area contributed by atoms with Gasteiger partial charge in [0.2, 0.25) is 10.2 Å². The Morgan fingerprint density at radius 3 is 1.83 bits per heavy atom. The molecule has 0 amide bonds. The molecule has 3 nitrogen and oxygen atoms in total. The number of hydrogen-bond acceptors (Lipinski definition) is 5. The number of nitrogens with zero attached hydrogens (tertiary/aromatic N) is 1. The molecule has 1 rings (SSSR count). The molecule has 1 aromatic heterocycles. The van der Waals surface area contributed by atoms with Crippen molar-refractivity contribution in [2.45, 2.75) is 26.7 Å². The van der Waals surface area contributed by atoms with E-state index in [4.69, 9.17) is 0 Å². The summed E-state index contributed by atoms with van der Waals surface area (Å²) in [6, 6.07) is 5.03. The van der Waals surface area contributed by atoms with Crippen molar-refractivity contribution in [2.24, 2.45) is 0 Å². The fraction of sp³-hybridized carbons (Fsp3) is 0.462. The van der Waals surface area contributed by atoms with Crippen LogP contribution in [0, 0.1) is 0 Å². The molecule has 0 bridgehead atoms. The van der Waals surface area contributed by atoms with Gasteiger partial charge in [-0.15, -0.1) is 0 Å². The van der Waals surface area contributed by atoms with Crippen molar-refractivity contribution >= 4 is 33.8 Å². The maximum absolute atomic E-state index is 11.8. The average molecular weight is 283 g/mol. The first-order chi connectivity index (χ1) is 8.69. The first-order valence-electron chi connectivity index (χ1n) is 6.00. The first-order valence-corrected chi connectivity index (χ1v) is 7.97.